The number of hydrogen-bond acceptors (Lipinski definition) is 2. The summed E-state index contributed by atoms with van der Waals surface area (Å²) in [4.78, 5) is 0. The Morgan fingerprint density at radius 1 is 0.750 bits per heavy atom. The van der Waals surface area contributed by atoms with E-state index >= 15 is 0 Å². The van der Waals surface area contributed by atoms with Crippen LogP contribution >= 0.6 is 21.6 Å². The summed E-state index contributed by atoms with van der Waals surface area (Å²) in [6, 6.07) is 0. The van der Waals surface area contributed by atoms with Crippen LogP contribution in [0.5, 0.6) is 0 Å². The summed E-state index contributed by atoms with van der Waals surface area (Å²) in [6.45, 7) is 4.49. The Kier molecular flexibility index (Phi) is 32.4. The van der Waals surface area contributed by atoms with E-state index in [9.17, 15) is 0 Å². The van der Waals surface area contributed by atoms with Crippen molar-refractivity contribution in [3.8, 4) is 0 Å². The molecule has 0 aliphatic rings. The van der Waals surface area contributed by atoms with Crippen molar-refractivity contribution in [2.75, 3.05) is 11.5 Å². The van der Waals surface area contributed by atoms with Gasteiger partial charge in [0.05, 0.1) is 0 Å². The van der Waals surface area contributed by atoms with Crippen molar-refractivity contribution in [3.05, 3.63) is 0 Å². The summed E-state index contributed by atoms with van der Waals surface area (Å²) in [5, 5.41) is 0. The van der Waals surface area contributed by atoms with Gasteiger partial charge in [-0.1, -0.05) is 48.3 Å². The molecule has 66 valence electrons. The summed E-state index contributed by atoms with van der Waals surface area (Å²) >= 11 is 0. The predicted octanol–water partition coefficient (Wildman–Crippen LogP) is 2.67. The Bertz CT molecular complexity index is 55.0. The fourth-order valence-corrected chi connectivity index (χ4v) is 2.99. The molecule has 0 aliphatic carbocycles. The summed E-state index contributed by atoms with van der Waals surface area (Å²) in [6.07, 6.45) is 5.43. The standard InChI is InChI=1S/C8H18S2.2Na.2H/c1-3-5-7-9-10-8-6-4-2;;;;/h3-8H2,1-2H3;;;;. The summed E-state index contributed by atoms with van der Waals surface area (Å²) < 4.78 is 0. The van der Waals surface area contributed by atoms with E-state index in [2.05, 4.69) is 13.8 Å². The van der Waals surface area contributed by atoms with Crippen molar-refractivity contribution in [2.45, 2.75) is 39.5 Å². The van der Waals surface area contributed by atoms with Gasteiger partial charge in [0.15, 0.2) is 0 Å². The van der Waals surface area contributed by atoms with Crippen molar-refractivity contribution < 1.29 is 0 Å². The Balaban J connectivity index is -0.000000405. The molecule has 0 aromatic heterocycles. The van der Waals surface area contributed by atoms with Crippen LogP contribution in [0.2, 0.25) is 0 Å². The molecular weight excluding hydrogens is 206 g/mol. The number of hydrogen-bond donors (Lipinski definition) is 0. The second-order valence-electron chi connectivity index (χ2n) is 2.35. The van der Waals surface area contributed by atoms with Gasteiger partial charge in [0.1, 0.15) is 0 Å². The molecule has 0 aromatic rings. The maximum atomic E-state index is 2.25. The topological polar surface area (TPSA) is 0 Å². The summed E-state index contributed by atoms with van der Waals surface area (Å²) in [7, 11) is 4.07. The average Bonchev–Trinajstić information content (AvgIpc) is 1.97. The van der Waals surface area contributed by atoms with Crippen molar-refractivity contribution in [3.63, 3.8) is 0 Å². The molecule has 0 heterocycles. The molecule has 0 atom stereocenters. The third-order valence-electron chi connectivity index (χ3n) is 1.25. The molecule has 0 nitrogen and oxygen atoms in total. The molecule has 0 spiro atoms. The molecule has 0 saturated carbocycles. The Morgan fingerprint density at radius 3 is 1.33 bits per heavy atom. The second-order valence-corrected chi connectivity index (χ2v) is 5.05. The monoisotopic (exact) mass is 226 g/mol. The molecule has 0 radical (unpaired) electrons. The van der Waals surface area contributed by atoms with Crippen LogP contribution in [-0.4, -0.2) is 70.6 Å². The van der Waals surface area contributed by atoms with Crippen molar-refractivity contribution in [2.24, 2.45) is 0 Å². The van der Waals surface area contributed by atoms with Gasteiger partial charge in [-0.25, -0.2) is 0 Å². The van der Waals surface area contributed by atoms with E-state index in [4.69, 9.17) is 0 Å². The first-order chi connectivity index (χ1) is 4.91. The molecule has 0 rings (SSSR count). The third kappa shape index (κ3) is 18.5. The molecular formula is C8H20Na2S2. The van der Waals surface area contributed by atoms with E-state index in [1.807, 2.05) is 21.6 Å². The van der Waals surface area contributed by atoms with Crippen LogP contribution in [0, 0.1) is 0 Å². The first-order valence-electron chi connectivity index (χ1n) is 4.16. The first-order valence-corrected chi connectivity index (χ1v) is 6.65. The molecule has 12 heavy (non-hydrogen) atoms. The molecule has 0 N–H and O–H groups in total. The number of unbranched alkanes of at least 4 members (excludes halogenated alkanes) is 2. The van der Waals surface area contributed by atoms with E-state index in [1.165, 1.54) is 37.2 Å². The Hall–Kier alpha value is 2.70. The van der Waals surface area contributed by atoms with Crippen LogP contribution in [-0.2, 0) is 0 Å². The van der Waals surface area contributed by atoms with Gasteiger partial charge in [-0.15, -0.1) is 0 Å². The molecule has 0 saturated heterocycles. The van der Waals surface area contributed by atoms with Gasteiger partial charge in [-0.2, -0.15) is 0 Å². The average molecular weight is 226 g/mol. The van der Waals surface area contributed by atoms with Gasteiger partial charge in [0.25, 0.3) is 0 Å². The zero-order valence-electron chi connectivity index (χ0n) is 7.06. The van der Waals surface area contributed by atoms with Gasteiger partial charge in [-0.05, 0) is 12.8 Å². The molecule has 0 aromatic carbocycles. The Morgan fingerprint density at radius 2 is 1.08 bits per heavy atom. The Labute approximate surface area is 130 Å². The zero-order valence-corrected chi connectivity index (χ0v) is 8.69. The first kappa shape index (κ1) is 20.2. The fourth-order valence-electron chi connectivity index (χ4n) is 0.524. The quantitative estimate of drug-likeness (QED) is 0.372. The third-order valence-corrected chi connectivity index (χ3v) is 3.82. The molecule has 0 fully saturated rings. The van der Waals surface area contributed by atoms with Gasteiger partial charge in [0.2, 0.25) is 0 Å². The SMILES string of the molecule is CCCCSSCCCC.[NaH].[NaH]. The minimum absolute atomic E-state index is 0. The molecule has 0 unspecified atom stereocenters. The van der Waals surface area contributed by atoms with Gasteiger partial charge < -0.3 is 0 Å². The van der Waals surface area contributed by atoms with Crippen LogP contribution in [0.3, 0.4) is 0 Å². The predicted molar refractivity (Wildman–Crippen MR) is 69.0 cm³/mol. The van der Waals surface area contributed by atoms with E-state index in [1.54, 1.807) is 0 Å². The van der Waals surface area contributed by atoms with Crippen LogP contribution in [0.15, 0.2) is 0 Å². The summed E-state index contributed by atoms with van der Waals surface area (Å²) in [5.41, 5.74) is 0. The van der Waals surface area contributed by atoms with Crippen molar-refractivity contribution in [1.82, 2.24) is 0 Å². The zero-order chi connectivity index (χ0) is 7.66. The molecule has 0 aliphatic heterocycles. The van der Waals surface area contributed by atoms with Gasteiger partial charge in [0, 0.05) is 11.5 Å². The summed E-state index contributed by atoms with van der Waals surface area (Å²) in [5.74, 6) is 2.68. The molecule has 0 amide bonds. The van der Waals surface area contributed by atoms with E-state index in [0.717, 1.165) is 0 Å². The fraction of sp³-hybridized carbons (Fsp3) is 1.00. The van der Waals surface area contributed by atoms with E-state index in [0.29, 0.717) is 0 Å². The van der Waals surface area contributed by atoms with Crippen LogP contribution in [0.25, 0.3) is 0 Å². The number of rotatable bonds is 7. The van der Waals surface area contributed by atoms with Crippen LogP contribution in [0.1, 0.15) is 39.5 Å². The maximum absolute atomic E-state index is 2.25. The molecule has 4 heteroatoms. The minimum atomic E-state index is 0. The molecule has 0 bridgehead atoms. The van der Waals surface area contributed by atoms with Gasteiger partial charge in [-0.3, -0.25) is 0 Å². The van der Waals surface area contributed by atoms with E-state index < -0.39 is 0 Å². The van der Waals surface area contributed by atoms with Gasteiger partial charge >= 0.3 is 59.1 Å². The van der Waals surface area contributed by atoms with Crippen LogP contribution in [0.4, 0.5) is 0 Å². The van der Waals surface area contributed by atoms with Crippen molar-refractivity contribution in [1.29, 1.82) is 0 Å². The second kappa shape index (κ2) is 19.3. The van der Waals surface area contributed by atoms with Crippen molar-refractivity contribution >= 4 is 80.7 Å². The van der Waals surface area contributed by atoms with E-state index in [-0.39, 0.29) is 59.1 Å². The normalized spacial score (nSPS) is 8.50. The van der Waals surface area contributed by atoms with Crippen LogP contribution < -0.4 is 0 Å².